The van der Waals surface area contributed by atoms with E-state index in [0.717, 1.165) is 26.5 Å². The number of thioether (sulfide) groups is 1. The molecule has 0 unspecified atom stereocenters. The quantitative estimate of drug-likeness (QED) is 0.535. The van der Waals surface area contributed by atoms with E-state index in [1.165, 1.54) is 18.1 Å². The molecule has 2 aromatic heterocycles. The van der Waals surface area contributed by atoms with Crippen LogP contribution in [-0.2, 0) is 4.79 Å². The number of halogens is 1. The Morgan fingerprint density at radius 2 is 2.17 bits per heavy atom. The summed E-state index contributed by atoms with van der Waals surface area (Å²) in [5.41, 5.74) is 1.71. The van der Waals surface area contributed by atoms with Crippen LogP contribution >= 0.6 is 34.7 Å². The lowest BCUT2D eigenvalue weighted by atomic mass is 10.2. The van der Waals surface area contributed by atoms with Crippen molar-refractivity contribution in [3.05, 3.63) is 46.6 Å². The van der Waals surface area contributed by atoms with Crippen LogP contribution in [0.5, 0.6) is 0 Å². The number of aryl methyl sites for hydroxylation is 1. The number of fused-ring (bicyclic) bond motifs is 1. The third-order valence-electron chi connectivity index (χ3n) is 3.34. The van der Waals surface area contributed by atoms with E-state index in [1.54, 1.807) is 23.5 Å². The van der Waals surface area contributed by atoms with Gasteiger partial charge in [-0.05, 0) is 43.0 Å². The summed E-state index contributed by atoms with van der Waals surface area (Å²) in [6, 6.07) is 7.43. The number of aromatic nitrogens is 2. The van der Waals surface area contributed by atoms with Crippen molar-refractivity contribution in [3.63, 3.8) is 0 Å². The summed E-state index contributed by atoms with van der Waals surface area (Å²) in [4.78, 5) is 21.9. The SMILES string of the molecule is Cc1ccc(Cl)cc1NC(=O)[C@@H](C)Sc1ncnc2sccc12. The summed E-state index contributed by atoms with van der Waals surface area (Å²) in [5, 5.41) is 7.03. The van der Waals surface area contributed by atoms with Crippen LogP contribution in [0.1, 0.15) is 12.5 Å². The summed E-state index contributed by atoms with van der Waals surface area (Å²) < 4.78 is 0. The number of benzene rings is 1. The molecule has 2 heterocycles. The molecule has 7 heteroatoms. The van der Waals surface area contributed by atoms with Crippen molar-refractivity contribution in [1.29, 1.82) is 0 Å². The van der Waals surface area contributed by atoms with Crippen LogP contribution in [0.25, 0.3) is 10.2 Å². The molecular formula is C16H14ClN3OS2. The Morgan fingerprint density at radius 1 is 1.35 bits per heavy atom. The Labute approximate surface area is 147 Å². The van der Waals surface area contributed by atoms with Gasteiger partial charge in [0.1, 0.15) is 16.2 Å². The van der Waals surface area contributed by atoms with Gasteiger partial charge in [0.2, 0.25) is 5.91 Å². The van der Waals surface area contributed by atoms with Crippen molar-refractivity contribution in [2.45, 2.75) is 24.1 Å². The largest absolute Gasteiger partial charge is 0.325 e. The molecule has 0 fully saturated rings. The summed E-state index contributed by atoms with van der Waals surface area (Å²) in [7, 11) is 0. The van der Waals surface area contributed by atoms with Gasteiger partial charge in [0, 0.05) is 16.1 Å². The van der Waals surface area contributed by atoms with Crippen molar-refractivity contribution in [3.8, 4) is 0 Å². The molecule has 1 N–H and O–H groups in total. The van der Waals surface area contributed by atoms with E-state index in [2.05, 4.69) is 15.3 Å². The second-order valence-electron chi connectivity index (χ2n) is 5.03. The minimum Gasteiger partial charge on any atom is -0.325 e. The van der Waals surface area contributed by atoms with Crippen LogP contribution < -0.4 is 5.32 Å². The second kappa shape index (κ2) is 6.86. The molecule has 4 nitrogen and oxygen atoms in total. The van der Waals surface area contributed by atoms with Crippen molar-refractivity contribution < 1.29 is 4.79 Å². The molecule has 0 spiro atoms. The maximum absolute atomic E-state index is 12.4. The van der Waals surface area contributed by atoms with Crippen LogP contribution in [0.4, 0.5) is 5.69 Å². The number of rotatable bonds is 4. The Hall–Kier alpha value is -1.63. The molecule has 1 aromatic carbocycles. The van der Waals surface area contributed by atoms with E-state index in [0.29, 0.717) is 5.02 Å². The monoisotopic (exact) mass is 363 g/mol. The van der Waals surface area contributed by atoms with Gasteiger partial charge < -0.3 is 5.32 Å². The summed E-state index contributed by atoms with van der Waals surface area (Å²) in [6.45, 7) is 3.79. The smallest absolute Gasteiger partial charge is 0.237 e. The Kier molecular flexibility index (Phi) is 4.84. The molecule has 3 rings (SSSR count). The third kappa shape index (κ3) is 3.65. The van der Waals surface area contributed by atoms with Crippen LogP contribution in [0.2, 0.25) is 5.02 Å². The zero-order chi connectivity index (χ0) is 16.4. The number of carbonyl (C=O) groups is 1. The molecule has 118 valence electrons. The van der Waals surface area contributed by atoms with Crippen molar-refractivity contribution in [2.75, 3.05) is 5.32 Å². The molecule has 0 aliphatic rings. The van der Waals surface area contributed by atoms with E-state index >= 15 is 0 Å². The molecule has 0 bridgehead atoms. The molecule has 23 heavy (non-hydrogen) atoms. The first-order chi connectivity index (χ1) is 11.0. The van der Waals surface area contributed by atoms with Gasteiger partial charge in [-0.25, -0.2) is 9.97 Å². The Morgan fingerprint density at radius 3 is 3.00 bits per heavy atom. The molecule has 0 aliphatic heterocycles. The first-order valence-corrected chi connectivity index (χ1v) is 9.10. The van der Waals surface area contributed by atoms with Gasteiger partial charge in [0.15, 0.2) is 0 Å². The minimum absolute atomic E-state index is 0.0811. The predicted molar refractivity (Wildman–Crippen MR) is 97.6 cm³/mol. The van der Waals surface area contributed by atoms with Gasteiger partial charge >= 0.3 is 0 Å². The molecule has 0 aliphatic carbocycles. The van der Waals surface area contributed by atoms with Crippen LogP contribution in [0, 0.1) is 6.92 Å². The van der Waals surface area contributed by atoms with Gasteiger partial charge in [-0.3, -0.25) is 4.79 Å². The van der Waals surface area contributed by atoms with Gasteiger partial charge in [0.05, 0.1) is 5.25 Å². The summed E-state index contributed by atoms with van der Waals surface area (Å²) in [5.74, 6) is -0.0811. The predicted octanol–water partition coefficient (Wildman–Crippen LogP) is 4.77. The van der Waals surface area contributed by atoms with E-state index in [4.69, 9.17) is 11.6 Å². The number of amides is 1. The number of hydrogen-bond donors (Lipinski definition) is 1. The second-order valence-corrected chi connectivity index (χ2v) is 7.69. The first-order valence-electron chi connectivity index (χ1n) is 6.96. The number of carbonyl (C=O) groups excluding carboxylic acids is 1. The van der Waals surface area contributed by atoms with Crippen LogP contribution in [-0.4, -0.2) is 21.1 Å². The first kappa shape index (κ1) is 16.2. The number of thiophene rings is 1. The third-order valence-corrected chi connectivity index (χ3v) is 5.51. The Bertz CT molecular complexity index is 865. The van der Waals surface area contributed by atoms with E-state index in [9.17, 15) is 4.79 Å². The van der Waals surface area contributed by atoms with Crippen molar-refractivity contribution >= 4 is 56.5 Å². The maximum atomic E-state index is 12.4. The summed E-state index contributed by atoms with van der Waals surface area (Å²) >= 11 is 8.98. The summed E-state index contributed by atoms with van der Waals surface area (Å²) in [6.07, 6.45) is 1.53. The highest BCUT2D eigenvalue weighted by molar-refractivity contribution is 8.00. The van der Waals surface area contributed by atoms with E-state index in [1.807, 2.05) is 31.4 Å². The lowest BCUT2D eigenvalue weighted by molar-refractivity contribution is -0.115. The highest BCUT2D eigenvalue weighted by atomic mass is 35.5. The fourth-order valence-corrected chi connectivity index (χ4v) is 3.92. The lowest BCUT2D eigenvalue weighted by Gasteiger charge is -2.13. The molecule has 1 amide bonds. The number of nitrogens with one attached hydrogen (secondary N) is 1. The highest BCUT2D eigenvalue weighted by Crippen LogP contribution is 2.31. The van der Waals surface area contributed by atoms with Crippen LogP contribution in [0.15, 0.2) is 41.0 Å². The maximum Gasteiger partial charge on any atom is 0.237 e. The molecule has 0 saturated carbocycles. The zero-order valence-electron chi connectivity index (χ0n) is 12.5. The number of nitrogens with zero attached hydrogens (tertiary/aromatic N) is 2. The molecule has 0 radical (unpaired) electrons. The normalized spacial score (nSPS) is 12.3. The molecule has 0 saturated heterocycles. The van der Waals surface area contributed by atoms with E-state index in [-0.39, 0.29) is 11.2 Å². The standard InChI is InChI=1S/C16H14ClN3OS2/c1-9-3-4-11(17)7-13(9)20-14(21)10(2)23-16-12-5-6-22-15(12)18-8-19-16/h3-8,10H,1-2H3,(H,20,21)/t10-/m1/s1. The van der Waals surface area contributed by atoms with Crippen molar-refractivity contribution in [1.82, 2.24) is 9.97 Å². The fourth-order valence-electron chi connectivity index (χ4n) is 2.05. The average Bonchev–Trinajstić information content (AvgIpc) is 3.00. The Balaban J connectivity index is 1.75. The fraction of sp³-hybridized carbons (Fsp3) is 0.188. The zero-order valence-corrected chi connectivity index (χ0v) is 14.9. The lowest BCUT2D eigenvalue weighted by Crippen LogP contribution is -2.23. The molecule has 3 aromatic rings. The number of hydrogen-bond acceptors (Lipinski definition) is 5. The van der Waals surface area contributed by atoms with Gasteiger partial charge in [-0.15, -0.1) is 11.3 Å². The minimum atomic E-state index is -0.286. The van der Waals surface area contributed by atoms with E-state index < -0.39 is 0 Å². The molecule has 1 atom stereocenters. The van der Waals surface area contributed by atoms with Gasteiger partial charge in [-0.2, -0.15) is 0 Å². The van der Waals surface area contributed by atoms with Crippen molar-refractivity contribution in [2.24, 2.45) is 0 Å². The van der Waals surface area contributed by atoms with Gasteiger partial charge in [0.25, 0.3) is 0 Å². The van der Waals surface area contributed by atoms with Gasteiger partial charge in [-0.1, -0.05) is 29.4 Å². The average molecular weight is 364 g/mol. The highest BCUT2D eigenvalue weighted by Gasteiger charge is 2.18. The number of anilines is 1. The molecular weight excluding hydrogens is 350 g/mol. The topological polar surface area (TPSA) is 54.9 Å². The van der Waals surface area contributed by atoms with Crippen LogP contribution in [0.3, 0.4) is 0 Å².